The van der Waals surface area contributed by atoms with Gasteiger partial charge in [-0.2, -0.15) is 13.2 Å². The van der Waals surface area contributed by atoms with Crippen LogP contribution in [0.3, 0.4) is 0 Å². The zero-order chi connectivity index (χ0) is 13.6. The third-order valence-corrected chi connectivity index (χ3v) is 4.12. The van der Waals surface area contributed by atoms with Gasteiger partial charge < -0.3 is 10.0 Å². The number of hydrogen-bond donors (Lipinski definition) is 1. The van der Waals surface area contributed by atoms with Crippen molar-refractivity contribution in [2.75, 3.05) is 13.1 Å². The zero-order valence-electron chi connectivity index (χ0n) is 9.62. The van der Waals surface area contributed by atoms with Gasteiger partial charge in [-0.1, -0.05) is 0 Å². The number of nitrogens with zero attached hydrogens (tertiary/aromatic N) is 1. The van der Waals surface area contributed by atoms with Gasteiger partial charge in [-0.05, 0) is 23.9 Å². The standard InChI is InChI=1S/C11H12F3NO2S/c1-7-2-5-18-8(7)9(16)15-4-3-10(17,6-15)11(12,13)14/h2,5,17H,3-4,6H2,1H3/t10-/m0/s1. The fourth-order valence-corrected chi connectivity index (χ4v) is 2.83. The molecule has 0 spiro atoms. The maximum absolute atomic E-state index is 12.6. The molecule has 1 aromatic heterocycles. The predicted molar refractivity (Wildman–Crippen MR) is 60.6 cm³/mol. The molecule has 0 unspecified atom stereocenters. The van der Waals surface area contributed by atoms with Crippen molar-refractivity contribution in [3.8, 4) is 0 Å². The van der Waals surface area contributed by atoms with Crippen molar-refractivity contribution in [3.05, 3.63) is 21.9 Å². The quantitative estimate of drug-likeness (QED) is 0.856. The number of amides is 1. The molecular formula is C11H12F3NO2S. The summed E-state index contributed by atoms with van der Waals surface area (Å²) in [4.78, 5) is 13.5. The molecule has 0 aromatic carbocycles. The number of carbonyl (C=O) groups excluding carboxylic acids is 1. The molecule has 0 bridgehead atoms. The summed E-state index contributed by atoms with van der Waals surface area (Å²) in [7, 11) is 0. The van der Waals surface area contributed by atoms with Gasteiger partial charge in [0.25, 0.3) is 5.91 Å². The summed E-state index contributed by atoms with van der Waals surface area (Å²) in [5, 5.41) is 11.2. The molecule has 18 heavy (non-hydrogen) atoms. The summed E-state index contributed by atoms with van der Waals surface area (Å²) in [5.41, 5.74) is -2.03. The summed E-state index contributed by atoms with van der Waals surface area (Å²) in [6, 6.07) is 1.74. The minimum Gasteiger partial charge on any atom is -0.379 e. The van der Waals surface area contributed by atoms with E-state index in [0.717, 1.165) is 10.5 Å². The lowest BCUT2D eigenvalue weighted by atomic mass is 10.0. The highest BCUT2D eigenvalue weighted by Crippen LogP contribution is 2.38. The van der Waals surface area contributed by atoms with Crippen molar-refractivity contribution in [2.24, 2.45) is 0 Å². The van der Waals surface area contributed by atoms with Crippen LogP contribution in [0.4, 0.5) is 13.2 Å². The first-order chi connectivity index (χ1) is 8.24. The topological polar surface area (TPSA) is 40.5 Å². The molecule has 1 fully saturated rings. The summed E-state index contributed by atoms with van der Waals surface area (Å²) < 4.78 is 37.9. The third kappa shape index (κ3) is 2.12. The van der Waals surface area contributed by atoms with Gasteiger partial charge in [-0.3, -0.25) is 4.79 Å². The van der Waals surface area contributed by atoms with Crippen LogP contribution < -0.4 is 0 Å². The van der Waals surface area contributed by atoms with E-state index < -0.39 is 30.7 Å². The lowest BCUT2D eigenvalue weighted by Gasteiger charge is -2.25. The second-order valence-corrected chi connectivity index (χ2v) is 5.35. The second-order valence-electron chi connectivity index (χ2n) is 4.44. The van der Waals surface area contributed by atoms with Gasteiger partial charge >= 0.3 is 6.18 Å². The van der Waals surface area contributed by atoms with E-state index in [2.05, 4.69) is 0 Å². The smallest absolute Gasteiger partial charge is 0.379 e. The number of likely N-dealkylation sites (tertiary alicyclic amines) is 1. The lowest BCUT2D eigenvalue weighted by molar-refractivity contribution is -0.253. The van der Waals surface area contributed by atoms with E-state index in [9.17, 15) is 23.1 Å². The molecule has 1 atom stereocenters. The Morgan fingerprint density at radius 1 is 1.56 bits per heavy atom. The number of carbonyl (C=O) groups is 1. The summed E-state index contributed by atoms with van der Waals surface area (Å²) in [6.45, 7) is 0.967. The monoisotopic (exact) mass is 279 g/mol. The number of hydrogen-bond acceptors (Lipinski definition) is 3. The van der Waals surface area contributed by atoms with Gasteiger partial charge in [0, 0.05) is 13.0 Å². The Morgan fingerprint density at radius 3 is 2.67 bits per heavy atom. The maximum Gasteiger partial charge on any atom is 0.419 e. The van der Waals surface area contributed by atoms with Gasteiger partial charge in [0.05, 0.1) is 11.4 Å². The highest BCUT2D eigenvalue weighted by Gasteiger charge is 2.57. The number of halogens is 3. The molecule has 1 aliphatic heterocycles. The van der Waals surface area contributed by atoms with E-state index >= 15 is 0 Å². The Hall–Kier alpha value is -1.08. The second kappa shape index (κ2) is 4.24. The maximum atomic E-state index is 12.6. The Bertz CT molecular complexity index is 471. The fourth-order valence-electron chi connectivity index (χ4n) is 1.93. The molecule has 100 valence electrons. The highest BCUT2D eigenvalue weighted by molar-refractivity contribution is 7.12. The Morgan fingerprint density at radius 2 is 2.22 bits per heavy atom. The van der Waals surface area contributed by atoms with E-state index in [1.807, 2.05) is 0 Å². The minimum atomic E-state index is -4.70. The zero-order valence-corrected chi connectivity index (χ0v) is 10.4. The molecule has 1 N–H and O–H groups in total. The van der Waals surface area contributed by atoms with Gasteiger partial charge in [-0.15, -0.1) is 11.3 Å². The van der Waals surface area contributed by atoms with E-state index in [-0.39, 0.29) is 6.54 Å². The van der Waals surface area contributed by atoms with Crippen molar-refractivity contribution in [3.63, 3.8) is 0 Å². The van der Waals surface area contributed by atoms with Gasteiger partial charge in [-0.25, -0.2) is 0 Å². The first-order valence-electron chi connectivity index (χ1n) is 5.37. The molecule has 0 saturated carbocycles. The van der Waals surface area contributed by atoms with Crippen molar-refractivity contribution >= 4 is 17.2 Å². The van der Waals surface area contributed by atoms with Crippen LogP contribution in [0.5, 0.6) is 0 Å². The van der Waals surface area contributed by atoms with Crippen molar-refractivity contribution in [1.29, 1.82) is 0 Å². The molecule has 1 aromatic rings. The van der Waals surface area contributed by atoms with Crippen LogP contribution in [0.15, 0.2) is 11.4 Å². The average Bonchev–Trinajstić information content (AvgIpc) is 2.83. The number of rotatable bonds is 1. The molecule has 3 nitrogen and oxygen atoms in total. The third-order valence-electron chi connectivity index (χ3n) is 3.12. The highest BCUT2D eigenvalue weighted by atomic mass is 32.1. The van der Waals surface area contributed by atoms with E-state index in [1.165, 1.54) is 11.3 Å². The first-order valence-corrected chi connectivity index (χ1v) is 6.25. The first kappa shape index (κ1) is 13.4. The Balaban J connectivity index is 2.15. The van der Waals surface area contributed by atoms with Crippen LogP contribution in [0.2, 0.25) is 0 Å². The Labute approximate surface area is 106 Å². The molecule has 1 saturated heterocycles. The van der Waals surface area contributed by atoms with Crippen molar-refractivity contribution in [1.82, 2.24) is 4.90 Å². The molecule has 1 amide bonds. The van der Waals surface area contributed by atoms with E-state index in [4.69, 9.17) is 0 Å². The van der Waals surface area contributed by atoms with Crippen LogP contribution in [-0.4, -0.2) is 40.8 Å². The molecule has 2 heterocycles. The van der Waals surface area contributed by atoms with Crippen LogP contribution in [0.1, 0.15) is 21.7 Å². The number of β-amino-alcohol motifs (C(OH)–C–C–N with tert-alkyl or cyclic N) is 1. The van der Waals surface area contributed by atoms with E-state index in [0.29, 0.717) is 4.88 Å². The molecule has 1 aliphatic rings. The summed E-state index contributed by atoms with van der Waals surface area (Å²) >= 11 is 1.20. The van der Waals surface area contributed by atoms with Crippen LogP contribution in [-0.2, 0) is 0 Å². The molecule has 2 rings (SSSR count). The van der Waals surface area contributed by atoms with Gasteiger partial charge in [0.1, 0.15) is 0 Å². The van der Waals surface area contributed by atoms with Gasteiger partial charge in [0.15, 0.2) is 5.60 Å². The van der Waals surface area contributed by atoms with E-state index in [1.54, 1.807) is 18.4 Å². The SMILES string of the molecule is Cc1ccsc1C(=O)N1CC[C@@](O)(C(F)(F)F)C1. The number of aliphatic hydroxyl groups is 1. The normalized spacial score (nSPS) is 24.6. The molecular weight excluding hydrogens is 267 g/mol. The van der Waals surface area contributed by atoms with Crippen LogP contribution in [0, 0.1) is 6.92 Å². The number of aryl methyl sites for hydroxylation is 1. The average molecular weight is 279 g/mol. The van der Waals surface area contributed by atoms with Crippen LogP contribution >= 0.6 is 11.3 Å². The molecule has 7 heteroatoms. The fraction of sp³-hybridized carbons (Fsp3) is 0.545. The molecule has 0 radical (unpaired) electrons. The number of alkyl halides is 3. The van der Waals surface area contributed by atoms with Gasteiger partial charge in [0.2, 0.25) is 0 Å². The minimum absolute atomic E-state index is 0.0772. The van der Waals surface area contributed by atoms with Crippen molar-refractivity contribution < 1.29 is 23.1 Å². The largest absolute Gasteiger partial charge is 0.419 e. The summed E-state index contributed by atoms with van der Waals surface area (Å²) in [6.07, 6.45) is -5.17. The Kier molecular flexibility index (Phi) is 3.14. The van der Waals surface area contributed by atoms with Crippen molar-refractivity contribution in [2.45, 2.75) is 25.1 Å². The lowest BCUT2D eigenvalue weighted by Crippen LogP contribution is -2.48. The number of thiophene rings is 1. The molecule has 0 aliphatic carbocycles. The predicted octanol–water partition coefficient (Wildman–Crippen LogP) is 2.20. The van der Waals surface area contributed by atoms with Crippen LogP contribution in [0.25, 0.3) is 0 Å². The summed E-state index contributed by atoms with van der Waals surface area (Å²) in [5.74, 6) is -0.442.